The average Bonchev–Trinajstić information content (AvgIpc) is 3.11. The summed E-state index contributed by atoms with van der Waals surface area (Å²) >= 11 is 0. The van der Waals surface area contributed by atoms with Gasteiger partial charge in [0, 0.05) is 41.3 Å². The summed E-state index contributed by atoms with van der Waals surface area (Å²) in [4.78, 5) is 18.7. The minimum absolute atomic E-state index is 0.0234. The van der Waals surface area contributed by atoms with Crippen LogP contribution in [-0.2, 0) is 0 Å². The van der Waals surface area contributed by atoms with Crippen LogP contribution in [0.4, 0.5) is 0 Å². The van der Waals surface area contributed by atoms with Crippen LogP contribution in [0.5, 0.6) is 0 Å². The lowest BCUT2D eigenvalue weighted by Gasteiger charge is -2.24. The highest BCUT2D eigenvalue weighted by Crippen LogP contribution is 2.36. The summed E-state index contributed by atoms with van der Waals surface area (Å²) < 4.78 is 0. The van der Waals surface area contributed by atoms with Crippen LogP contribution in [0.3, 0.4) is 0 Å². The predicted molar refractivity (Wildman–Crippen MR) is 128 cm³/mol. The lowest BCUT2D eigenvalue weighted by Crippen LogP contribution is -2.36. The number of fused-ring (bicyclic) bond motifs is 2. The van der Waals surface area contributed by atoms with Crippen molar-refractivity contribution in [1.29, 1.82) is 0 Å². The number of hydrogen-bond acceptors (Lipinski definition) is 3. The maximum absolute atomic E-state index is 13.5. The van der Waals surface area contributed by atoms with Crippen LogP contribution in [0.25, 0.3) is 32.8 Å². The first-order valence-electron chi connectivity index (χ1n) is 11.2. The molecule has 3 N–H and O–H groups in total. The van der Waals surface area contributed by atoms with Crippen molar-refractivity contribution in [2.45, 2.75) is 31.8 Å². The molecular weight excluding hydrogens is 400 g/mol. The number of nitrogens with one attached hydrogen (secondary N) is 1. The van der Waals surface area contributed by atoms with Crippen LogP contribution >= 0.6 is 0 Å². The molecule has 164 valence electrons. The molecule has 0 aliphatic carbocycles. The van der Waals surface area contributed by atoms with Crippen LogP contribution in [-0.4, -0.2) is 51.3 Å². The van der Waals surface area contributed by atoms with E-state index in [1.807, 2.05) is 35.4 Å². The third-order valence-corrected chi connectivity index (χ3v) is 6.78. The zero-order valence-electron chi connectivity index (χ0n) is 18.3. The van der Waals surface area contributed by atoms with Gasteiger partial charge in [0.15, 0.2) is 0 Å². The van der Waals surface area contributed by atoms with Crippen LogP contribution < -0.4 is 0 Å². The maximum Gasteiger partial charge on any atom is 0.254 e. The van der Waals surface area contributed by atoms with E-state index in [1.165, 1.54) is 10.9 Å². The van der Waals surface area contributed by atoms with Gasteiger partial charge in [-0.05, 0) is 60.7 Å². The molecule has 5 nitrogen and oxygen atoms in total. The normalized spacial score (nSPS) is 19.4. The number of aliphatic hydroxyl groups excluding tert-OH is 1. The molecule has 1 aliphatic rings. The first-order chi connectivity index (χ1) is 15.5. The zero-order valence-corrected chi connectivity index (χ0v) is 18.3. The van der Waals surface area contributed by atoms with Crippen molar-refractivity contribution in [2.75, 3.05) is 19.7 Å². The molecule has 3 aromatic carbocycles. The van der Waals surface area contributed by atoms with E-state index in [9.17, 15) is 15.0 Å². The molecule has 0 saturated carbocycles. The molecule has 0 radical (unpaired) electrons. The number of aryl methyl sites for hydroxylation is 1. The summed E-state index contributed by atoms with van der Waals surface area (Å²) in [5.41, 5.74) is 4.11. The summed E-state index contributed by atoms with van der Waals surface area (Å²) in [6, 6.07) is 18.4. The molecule has 5 heteroatoms. The van der Waals surface area contributed by atoms with Crippen LogP contribution in [0, 0.1) is 6.92 Å². The summed E-state index contributed by atoms with van der Waals surface area (Å²) in [5.74, 6) is -0.0234. The molecule has 1 amide bonds. The summed E-state index contributed by atoms with van der Waals surface area (Å²) in [6.45, 7) is 2.85. The van der Waals surface area contributed by atoms with Gasteiger partial charge in [-0.2, -0.15) is 0 Å². The number of rotatable bonds is 3. The third kappa shape index (κ3) is 3.57. The van der Waals surface area contributed by atoms with E-state index in [0.717, 1.165) is 27.4 Å². The molecule has 2 heterocycles. The third-order valence-electron chi connectivity index (χ3n) is 6.78. The first-order valence-corrected chi connectivity index (χ1v) is 11.2. The Labute approximate surface area is 187 Å². The predicted octanol–water partition coefficient (Wildman–Crippen LogP) is 4.65. The second kappa shape index (κ2) is 8.08. The molecule has 1 aliphatic heterocycles. The Morgan fingerprint density at radius 1 is 1.00 bits per heavy atom. The van der Waals surface area contributed by atoms with Gasteiger partial charge in [0.05, 0.1) is 12.2 Å². The second-order valence-electron chi connectivity index (χ2n) is 8.99. The molecule has 1 aromatic heterocycles. The van der Waals surface area contributed by atoms with Gasteiger partial charge in [-0.25, -0.2) is 0 Å². The van der Waals surface area contributed by atoms with Gasteiger partial charge in [-0.1, -0.05) is 42.0 Å². The van der Waals surface area contributed by atoms with Gasteiger partial charge in [0.1, 0.15) is 0 Å². The number of nitrogens with zero attached hydrogens (tertiary/aromatic N) is 1. The quantitative estimate of drug-likeness (QED) is 0.445. The largest absolute Gasteiger partial charge is 0.393 e. The summed E-state index contributed by atoms with van der Waals surface area (Å²) in [5, 5.41) is 23.1. The lowest BCUT2D eigenvalue weighted by molar-refractivity contribution is -0.0250. The number of hydrogen-bond donors (Lipinski definition) is 3. The van der Waals surface area contributed by atoms with E-state index in [1.54, 1.807) is 0 Å². The van der Waals surface area contributed by atoms with Crippen LogP contribution in [0.15, 0.2) is 60.8 Å². The Bertz CT molecular complexity index is 1310. The van der Waals surface area contributed by atoms with Crippen molar-refractivity contribution < 1.29 is 15.0 Å². The number of aliphatic hydroxyl groups is 2. The number of likely N-dealkylation sites (tertiary alicyclic amines) is 1. The molecule has 1 fully saturated rings. The Morgan fingerprint density at radius 2 is 1.81 bits per heavy atom. The fourth-order valence-electron chi connectivity index (χ4n) is 4.90. The fraction of sp³-hybridized carbons (Fsp3) is 0.296. The standard InChI is InChI=1S/C27H28N2O3/c1-18-9-10-25-23(15-18)24(16-28-25)21-7-2-6-20-19(21)5-3-8-22(20)26(31)29-13-4-11-27(32,17-30)12-14-29/h2-3,5-10,15-16,28,30,32H,4,11-14,17H2,1H3. The Kier molecular flexibility index (Phi) is 5.24. The van der Waals surface area contributed by atoms with Crippen molar-refractivity contribution >= 4 is 27.6 Å². The highest BCUT2D eigenvalue weighted by atomic mass is 16.3. The van der Waals surface area contributed by atoms with Crippen LogP contribution in [0.2, 0.25) is 0 Å². The molecule has 0 bridgehead atoms. The Balaban J connectivity index is 1.56. The lowest BCUT2D eigenvalue weighted by atomic mass is 9.94. The number of amides is 1. The first kappa shape index (κ1) is 20.7. The molecule has 1 atom stereocenters. The van der Waals surface area contributed by atoms with Crippen molar-refractivity contribution in [2.24, 2.45) is 0 Å². The van der Waals surface area contributed by atoms with Gasteiger partial charge in [0.2, 0.25) is 0 Å². The number of H-pyrrole nitrogens is 1. The molecule has 4 aromatic rings. The van der Waals surface area contributed by atoms with Crippen molar-refractivity contribution in [3.05, 3.63) is 71.9 Å². The number of carbonyl (C=O) groups excluding carboxylic acids is 1. The average molecular weight is 429 g/mol. The highest BCUT2D eigenvalue weighted by Gasteiger charge is 2.31. The maximum atomic E-state index is 13.5. The van der Waals surface area contributed by atoms with E-state index >= 15 is 0 Å². The van der Waals surface area contributed by atoms with Crippen LogP contribution in [0.1, 0.15) is 35.2 Å². The van der Waals surface area contributed by atoms with Gasteiger partial charge in [0.25, 0.3) is 5.91 Å². The molecular formula is C27H28N2O3. The second-order valence-corrected chi connectivity index (χ2v) is 8.99. The molecule has 1 saturated heterocycles. The number of carbonyl (C=O) groups is 1. The smallest absolute Gasteiger partial charge is 0.254 e. The van der Waals surface area contributed by atoms with Gasteiger partial charge in [-0.3, -0.25) is 4.79 Å². The van der Waals surface area contributed by atoms with Crippen molar-refractivity contribution in [3.8, 4) is 11.1 Å². The van der Waals surface area contributed by atoms with E-state index in [-0.39, 0.29) is 12.5 Å². The number of aromatic amines is 1. The highest BCUT2D eigenvalue weighted by molar-refractivity contribution is 6.12. The Morgan fingerprint density at radius 3 is 2.66 bits per heavy atom. The minimum atomic E-state index is -1.09. The summed E-state index contributed by atoms with van der Waals surface area (Å²) in [7, 11) is 0. The molecule has 5 rings (SSSR count). The van der Waals surface area contributed by atoms with Gasteiger partial charge < -0.3 is 20.1 Å². The molecule has 32 heavy (non-hydrogen) atoms. The monoisotopic (exact) mass is 428 g/mol. The summed E-state index contributed by atoms with van der Waals surface area (Å²) in [6.07, 6.45) is 3.61. The molecule has 0 spiro atoms. The van der Waals surface area contributed by atoms with Gasteiger partial charge >= 0.3 is 0 Å². The van der Waals surface area contributed by atoms with E-state index in [0.29, 0.717) is 37.9 Å². The van der Waals surface area contributed by atoms with E-state index in [4.69, 9.17) is 0 Å². The zero-order chi connectivity index (χ0) is 22.3. The van der Waals surface area contributed by atoms with Gasteiger partial charge in [-0.15, -0.1) is 0 Å². The van der Waals surface area contributed by atoms with Crippen molar-refractivity contribution in [1.82, 2.24) is 9.88 Å². The number of aromatic nitrogens is 1. The topological polar surface area (TPSA) is 76.6 Å². The fourth-order valence-corrected chi connectivity index (χ4v) is 4.90. The van der Waals surface area contributed by atoms with E-state index in [2.05, 4.69) is 42.2 Å². The van der Waals surface area contributed by atoms with E-state index < -0.39 is 5.60 Å². The minimum Gasteiger partial charge on any atom is -0.393 e. The van der Waals surface area contributed by atoms with Crippen molar-refractivity contribution in [3.63, 3.8) is 0 Å². The molecule has 1 unspecified atom stereocenters. The number of benzene rings is 3. The Hall–Kier alpha value is -3.15. The SMILES string of the molecule is Cc1ccc2[nH]cc(-c3cccc4c(C(=O)N5CCCC(O)(CO)CC5)cccc34)c2c1.